The van der Waals surface area contributed by atoms with E-state index in [1.807, 2.05) is 6.07 Å². The Hall–Kier alpha value is -2.43. The average Bonchev–Trinajstić information content (AvgIpc) is 3.47. The lowest BCUT2D eigenvalue weighted by Crippen LogP contribution is -2.49. The minimum Gasteiger partial charge on any atom is -0.341 e. The molecule has 1 aliphatic carbocycles. The van der Waals surface area contributed by atoms with Crippen LogP contribution in [0.25, 0.3) is 0 Å². The first-order chi connectivity index (χ1) is 12.3. The topological polar surface area (TPSA) is 49.3 Å². The highest BCUT2D eigenvalue weighted by molar-refractivity contribution is 6.08. The number of benzene rings is 1. The molecule has 5 nitrogen and oxygen atoms in total. The van der Waals surface area contributed by atoms with Crippen LogP contribution in [0.3, 0.4) is 0 Å². The van der Waals surface area contributed by atoms with Crippen molar-refractivity contribution in [3.05, 3.63) is 48.3 Å². The van der Waals surface area contributed by atoms with Gasteiger partial charge in [-0.3, -0.25) is 4.79 Å². The summed E-state index contributed by atoms with van der Waals surface area (Å²) in [6.07, 6.45) is 7.75. The zero-order valence-corrected chi connectivity index (χ0v) is 14.3. The molecule has 1 amide bonds. The van der Waals surface area contributed by atoms with Gasteiger partial charge >= 0.3 is 0 Å². The second kappa shape index (κ2) is 5.55. The Morgan fingerprint density at radius 1 is 1.04 bits per heavy atom. The van der Waals surface area contributed by atoms with Gasteiger partial charge in [-0.25, -0.2) is 9.97 Å². The number of fused-ring (bicyclic) bond motifs is 2. The van der Waals surface area contributed by atoms with Gasteiger partial charge in [0.05, 0.1) is 5.41 Å². The van der Waals surface area contributed by atoms with Crippen molar-refractivity contribution < 1.29 is 4.79 Å². The fraction of sp³-hybridized carbons (Fsp3) is 0.450. The SMILES string of the molecule is O=C1N(CC2CC2)c2ccccc2C12CCN(c1ncccn1)CC2. The Balaban J connectivity index is 1.44. The monoisotopic (exact) mass is 334 g/mol. The Kier molecular flexibility index (Phi) is 3.30. The van der Waals surface area contributed by atoms with Crippen LogP contribution < -0.4 is 9.80 Å². The van der Waals surface area contributed by atoms with Crippen molar-refractivity contribution in [1.82, 2.24) is 9.97 Å². The highest BCUT2D eigenvalue weighted by atomic mass is 16.2. The zero-order chi connectivity index (χ0) is 16.9. The first-order valence-electron chi connectivity index (χ1n) is 9.21. The van der Waals surface area contributed by atoms with Gasteiger partial charge in [0.1, 0.15) is 0 Å². The van der Waals surface area contributed by atoms with Gasteiger partial charge in [0.15, 0.2) is 0 Å². The minimum atomic E-state index is -0.350. The number of amides is 1. The van der Waals surface area contributed by atoms with Gasteiger partial charge in [0.2, 0.25) is 11.9 Å². The van der Waals surface area contributed by atoms with E-state index in [4.69, 9.17) is 0 Å². The second-order valence-electron chi connectivity index (χ2n) is 7.49. The average molecular weight is 334 g/mol. The Morgan fingerprint density at radius 3 is 2.48 bits per heavy atom. The van der Waals surface area contributed by atoms with E-state index in [0.29, 0.717) is 11.8 Å². The molecule has 0 unspecified atom stereocenters. The third-order valence-electron chi connectivity index (χ3n) is 5.95. The van der Waals surface area contributed by atoms with Crippen LogP contribution in [0.15, 0.2) is 42.7 Å². The fourth-order valence-electron chi connectivity index (χ4n) is 4.36. The molecular formula is C20H22N4O. The van der Waals surface area contributed by atoms with Crippen molar-refractivity contribution in [3.8, 4) is 0 Å². The van der Waals surface area contributed by atoms with E-state index in [-0.39, 0.29) is 5.41 Å². The van der Waals surface area contributed by atoms with Crippen LogP contribution in [0.4, 0.5) is 11.6 Å². The van der Waals surface area contributed by atoms with E-state index in [9.17, 15) is 4.79 Å². The van der Waals surface area contributed by atoms with Crippen LogP contribution in [0.1, 0.15) is 31.2 Å². The molecule has 2 aliphatic heterocycles. The molecule has 0 bridgehead atoms. The molecule has 5 heteroatoms. The molecule has 1 spiro atoms. The van der Waals surface area contributed by atoms with Crippen LogP contribution >= 0.6 is 0 Å². The molecule has 0 atom stereocenters. The number of anilines is 2. The molecule has 1 aromatic heterocycles. The molecule has 2 aromatic rings. The third kappa shape index (κ3) is 2.33. The van der Waals surface area contributed by atoms with E-state index in [1.54, 1.807) is 12.4 Å². The third-order valence-corrected chi connectivity index (χ3v) is 5.95. The van der Waals surface area contributed by atoms with Crippen molar-refractivity contribution in [2.45, 2.75) is 31.1 Å². The zero-order valence-electron chi connectivity index (χ0n) is 14.3. The molecule has 0 N–H and O–H groups in total. The molecule has 3 aliphatic rings. The first kappa shape index (κ1) is 14.9. The Labute approximate surface area is 147 Å². The summed E-state index contributed by atoms with van der Waals surface area (Å²) in [5.41, 5.74) is 2.02. The number of hydrogen-bond donors (Lipinski definition) is 0. The minimum absolute atomic E-state index is 0.314. The van der Waals surface area contributed by atoms with Gasteiger partial charge in [-0.1, -0.05) is 18.2 Å². The smallest absolute Gasteiger partial charge is 0.237 e. The molecule has 3 heterocycles. The summed E-state index contributed by atoms with van der Waals surface area (Å²) >= 11 is 0. The molecule has 25 heavy (non-hydrogen) atoms. The van der Waals surface area contributed by atoms with Crippen molar-refractivity contribution in [1.29, 1.82) is 0 Å². The van der Waals surface area contributed by atoms with E-state index in [0.717, 1.165) is 44.1 Å². The summed E-state index contributed by atoms with van der Waals surface area (Å²) in [6.45, 7) is 2.53. The largest absolute Gasteiger partial charge is 0.341 e. The lowest BCUT2D eigenvalue weighted by atomic mass is 9.73. The van der Waals surface area contributed by atoms with Crippen molar-refractivity contribution in [2.75, 3.05) is 29.4 Å². The van der Waals surface area contributed by atoms with E-state index in [2.05, 4.69) is 44.0 Å². The van der Waals surface area contributed by atoms with E-state index >= 15 is 0 Å². The maximum Gasteiger partial charge on any atom is 0.237 e. The summed E-state index contributed by atoms with van der Waals surface area (Å²) < 4.78 is 0. The maximum atomic E-state index is 13.4. The number of carbonyl (C=O) groups is 1. The first-order valence-corrected chi connectivity index (χ1v) is 9.21. The summed E-state index contributed by atoms with van der Waals surface area (Å²) in [6, 6.07) is 10.2. The van der Waals surface area contributed by atoms with E-state index in [1.165, 1.54) is 18.4 Å². The number of piperidine rings is 1. The van der Waals surface area contributed by atoms with Gasteiger partial charge in [0, 0.05) is 37.7 Å². The van der Waals surface area contributed by atoms with Crippen LogP contribution in [-0.4, -0.2) is 35.5 Å². The lowest BCUT2D eigenvalue weighted by molar-refractivity contribution is -0.124. The molecule has 1 saturated heterocycles. The molecule has 128 valence electrons. The van der Waals surface area contributed by atoms with Gasteiger partial charge in [-0.15, -0.1) is 0 Å². The molecule has 2 fully saturated rings. The second-order valence-corrected chi connectivity index (χ2v) is 7.49. The number of carbonyl (C=O) groups excluding carboxylic acids is 1. The Bertz CT molecular complexity index is 794. The molecular weight excluding hydrogens is 312 g/mol. The van der Waals surface area contributed by atoms with Gasteiger partial charge in [-0.05, 0) is 49.3 Å². The summed E-state index contributed by atoms with van der Waals surface area (Å²) in [7, 11) is 0. The summed E-state index contributed by atoms with van der Waals surface area (Å²) in [5, 5.41) is 0. The van der Waals surface area contributed by atoms with Crippen LogP contribution in [-0.2, 0) is 10.2 Å². The van der Waals surface area contributed by atoms with Gasteiger partial charge in [0.25, 0.3) is 0 Å². The number of rotatable bonds is 3. The molecule has 5 rings (SSSR count). The maximum absolute atomic E-state index is 13.4. The standard InChI is InChI=1S/C20H22N4O/c25-18-20(8-12-23(13-9-20)19-21-10-3-11-22-19)16-4-1-2-5-17(16)24(18)14-15-6-7-15/h1-5,10-11,15H,6-9,12-14H2. The number of para-hydroxylation sites is 1. The van der Waals surface area contributed by atoms with Crippen LogP contribution in [0, 0.1) is 5.92 Å². The van der Waals surface area contributed by atoms with Crippen LogP contribution in [0.2, 0.25) is 0 Å². The number of nitrogens with zero attached hydrogens (tertiary/aromatic N) is 4. The van der Waals surface area contributed by atoms with Crippen LogP contribution in [0.5, 0.6) is 0 Å². The van der Waals surface area contributed by atoms with E-state index < -0.39 is 0 Å². The fourth-order valence-corrected chi connectivity index (χ4v) is 4.36. The van der Waals surface area contributed by atoms with Gasteiger partial charge < -0.3 is 9.80 Å². The molecule has 0 radical (unpaired) electrons. The van der Waals surface area contributed by atoms with Crippen molar-refractivity contribution in [2.24, 2.45) is 5.92 Å². The lowest BCUT2D eigenvalue weighted by Gasteiger charge is -2.38. The molecule has 1 saturated carbocycles. The van der Waals surface area contributed by atoms with Gasteiger partial charge in [-0.2, -0.15) is 0 Å². The summed E-state index contributed by atoms with van der Waals surface area (Å²) in [5.74, 6) is 1.78. The number of aromatic nitrogens is 2. The predicted octanol–water partition coefficient (Wildman–Crippen LogP) is 2.77. The van der Waals surface area contributed by atoms with Crippen molar-refractivity contribution >= 4 is 17.5 Å². The quantitative estimate of drug-likeness (QED) is 0.866. The highest BCUT2D eigenvalue weighted by Crippen LogP contribution is 2.49. The predicted molar refractivity (Wildman–Crippen MR) is 96.7 cm³/mol. The molecule has 1 aromatic carbocycles. The summed E-state index contributed by atoms with van der Waals surface area (Å²) in [4.78, 5) is 26.4. The number of hydrogen-bond acceptors (Lipinski definition) is 4. The normalized spacial score (nSPS) is 21.7. The highest BCUT2D eigenvalue weighted by Gasteiger charge is 2.52. The Morgan fingerprint density at radius 2 is 1.76 bits per heavy atom. The van der Waals surface area contributed by atoms with Crippen molar-refractivity contribution in [3.63, 3.8) is 0 Å².